The molecule has 1 fully saturated rings. The third-order valence-corrected chi connectivity index (χ3v) is 5.19. The zero-order valence-corrected chi connectivity index (χ0v) is 16.2. The molecule has 1 saturated heterocycles. The van der Waals surface area contributed by atoms with Crippen molar-refractivity contribution >= 4 is 17.2 Å². The van der Waals surface area contributed by atoms with Crippen LogP contribution in [0.4, 0.5) is 6.01 Å². The summed E-state index contributed by atoms with van der Waals surface area (Å²) < 4.78 is 9.62. The van der Waals surface area contributed by atoms with E-state index in [1.54, 1.807) is 4.68 Å². The number of pyridine rings is 1. The Balaban J connectivity index is 1.36. The molecule has 0 atom stereocenters. The minimum Gasteiger partial charge on any atom is -0.422 e. The highest BCUT2D eigenvalue weighted by Crippen LogP contribution is 2.31. The van der Waals surface area contributed by atoms with Gasteiger partial charge in [0.05, 0.1) is 12.4 Å². The van der Waals surface area contributed by atoms with Crippen molar-refractivity contribution in [2.75, 3.05) is 18.0 Å². The summed E-state index contributed by atoms with van der Waals surface area (Å²) in [4.78, 5) is 15.9. The largest absolute Gasteiger partial charge is 0.422 e. The van der Waals surface area contributed by atoms with Crippen LogP contribution in [-0.4, -0.2) is 47.6 Å². The molecule has 0 unspecified atom stereocenters. The summed E-state index contributed by atoms with van der Waals surface area (Å²) in [5.74, 6) is 2.11. The Hall–Kier alpha value is -3.23. The van der Waals surface area contributed by atoms with Crippen LogP contribution >= 0.6 is 0 Å². The molecule has 9 nitrogen and oxygen atoms in total. The normalized spacial score (nSPS) is 15.6. The quantitative estimate of drug-likeness (QED) is 0.541. The summed E-state index contributed by atoms with van der Waals surface area (Å²) in [5, 5.41) is 8.84. The van der Waals surface area contributed by atoms with Gasteiger partial charge < -0.3 is 9.32 Å². The second kappa shape index (κ2) is 6.43. The van der Waals surface area contributed by atoms with Crippen molar-refractivity contribution in [2.24, 2.45) is 7.05 Å². The van der Waals surface area contributed by atoms with Gasteiger partial charge in [-0.2, -0.15) is 15.2 Å². The molecule has 0 amide bonds. The van der Waals surface area contributed by atoms with Crippen molar-refractivity contribution in [3.63, 3.8) is 0 Å². The molecule has 0 aromatic carbocycles. The summed E-state index contributed by atoms with van der Waals surface area (Å²) in [5.41, 5.74) is 3.29. The maximum atomic E-state index is 5.91. The molecule has 5 heterocycles. The van der Waals surface area contributed by atoms with E-state index in [0.717, 1.165) is 54.5 Å². The summed E-state index contributed by atoms with van der Waals surface area (Å²) in [6, 6.07) is 4.52. The Bertz CT molecular complexity index is 1130. The first-order valence-electron chi connectivity index (χ1n) is 9.48. The minimum atomic E-state index is 0.336. The molecule has 1 aliphatic rings. The fourth-order valence-electron chi connectivity index (χ4n) is 3.77. The topological polar surface area (TPSA) is 90.7 Å². The predicted octanol–water partition coefficient (Wildman–Crippen LogP) is 2.54. The molecule has 28 heavy (non-hydrogen) atoms. The number of piperidine rings is 1. The Kier molecular flexibility index (Phi) is 3.88. The van der Waals surface area contributed by atoms with Gasteiger partial charge in [0.15, 0.2) is 5.58 Å². The van der Waals surface area contributed by atoms with E-state index < -0.39 is 0 Å². The second-order valence-corrected chi connectivity index (χ2v) is 7.33. The third-order valence-electron chi connectivity index (χ3n) is 5.19. The Morgan fingerprint density at radius 2 is 1.89 bits per heavy atom. The smallest absolute Gasteiger partial charge is 0.299 e. The Morgan fingerprint density at radius 1 is 1.07 bits per heavy atom. The van der Waals surface area contributed by atoms with Gasteiger partial charge in [0.1, 0.15) is 17.3 Å². The SMILES string of the molecule is Cc1ccc2oc(N3CCC(c4nc(C)nn4-c4cnn(C)c4)CC3)nc2n1. The van der Waals surface area contributed by atoms with Gasteiger partial charge in [0, 0.05) is 31.7 Å². The minimum absolute atomic E-state index is 0.336. The maximum Gasteiger partial charge on any atom is 0.299 e. The van der Waals surface area contributed by atoms with Crippen molar-refractivity contribution in [1.82, 2.24) is 34.5 Å². The van der Waals surface area contributed by atoms with Crippen molar-refractivity contribution in [3.8, 4) is 5.69 Å². The molecule has 4 aromatic heterocycles. The van der Waals surface area contributed by atoms with Gasteiger partial charge in [-0.25, -0.2) is 14.6 Å². The number of aryl methyl sites for hydroxylation is 3. The highest BCUT2D eigenvalue weighted by Gasteiger charge is 2.28. The highest BCUT2D eigenvalue weighted by atomic mass is 16.4. The average Bonchev–Trinajstić information content (AvgIpc) is 3.39. The van der Waals surface area contributed by atoms with Gasteiger partial charge in [-0.05, 0) is 38.8 Å². The molecule has 0 bridgehead atoms. The van der Waals surface area contributed by atoms with Crippen molar-refractivity contribution in [1.29, 1.82) is 0 Å². The average molecular weight is 378 g/mol. The van der Waals surface area contributed by atoms with E-state index in [-0.39, 0.29) is 0 Å². The van der Waals surface area contributed by atoms with E-state index in [2.05, 4.69) is 25.1 Å². The van der Waals surface area contributed by atoms with Crippen molar-refractivity contribution < 1.29 is 4.42 Å². The lowest BCUT2D eigenvalue weighted by atomic mass is 9.96. The van der Waals surface area contributed by atoms with Crippen LogP contribution in [0, 0.1) is 13.8 Å². The summed E-state index contributed by atoms with van der Waals surface area (Å²) in [6.45, 7) is 5.60. The number of anilines is 1. The fraction of sp³-hybridized carbons (Fsp3) is 0.421. The molecule has 0 radical (unpaired) electrons. The highest BCUT2D eigenvalue weighted by molar-refractivity contribution is 5.70. The van der Waals surface area contributed by atoms with Crippen LogP contribution in [0.15, 0.2) is 28.9 Å². The monoisotopic (exact) mass is 378 g/mol. The lowest BCUT2D eigenvalue weighted by Gasteiger charge is -2.30. The number of aromatic nitrogens is 7. The second-order valence-electron chi connectivity index (χ2n) is 7.33. The number of hydrogen-bond acceptors (Lipinski definition) is 7. The van der Waals surface area contributed by atoms with Crippen LogP contribution in [0.3, 0.4) is 0 Å². The van der Waals surface area contributed by atoms with Crippen LogP contribution in [0.25, 0.3) is 16.9 Å². The molecule has 0 saturated carbocycles. The van der Waals surface area contributed by atoms with Gasteiger partial charge in [-0.1, -0.05) is 0 Å². The van der Waals surface area contributed by atoms with Crippen LogP contribution in [0.5, 0.6) is 0 Å². The zero-order chi connectivity index (χ0) is 19.3. The zero-order valence-electron chi connectivity index (χ0n) is 16.2. The van der Waals surface area contributed by atoms with Gasteiger partial charge in [0.25, 0.3) is 6.01 Å². The molecule has 9 heteroatoms. The molecule has 0 N–H and O–H groups in total. The Labute approximate surface area is 162 Å². The standard InChI is InChI=1S/C19H22N8O/c1-12-4-5-16-17(21-12)23-19(28-16)26-8-6-14(7-9-26)18-22-13(2)24-27(18)15-10-20-25(3)11-15/h4-5,10-11,14H,6-9H2,1-3H3. The molecule has 4 aromatic rings. The molecule has 5 rings (SSSR count). The van der Waals surface area contributed by atoms with Crippen LogP contribution in [0.2, 0.25) is 0 Å². The summed E-state index contributed by atoms with van der Waals surface area (Å²) in [7, 11) is 1.90. The first-order valence-corrected chi connectivity index (χ1v) is 9.48. The van der Waals surface area contributed by atoms with E-state index in [9.17, 15) is 0 Å². The lowest BCUT2D eigenvalue weighted by Crippen LogP contribution is -2.33. The first-order chi connectivity index (χ1) is 13.6. The van der Waals surface area contributed by atoms with E-state index in [1.807, 2.05) is 50.1 Å². The number of nitrogens with zero attached hydrogens (tertiary/aromatic N) is 8. The molecular weight excluding hydrogens is 356 g/mol. The molecule has 0 aliphatic carbocycles. The Morgan fingerprint density at radius 3 is 2.64 bits per heavy atom. The van der Waals surface area contributed by atoms with Gasteiger partial charge in [0.2, 0.25) is 5.65 Å². The van der Waals surface area contributed by atoms with E-state index in [4.69, 9.17) is 9.40 Å². The van der Waals surface area contributed by atoms with Gasteiger partial charge >= 0.3 is 0 Å². The van der Waals surface area contributed by atoms with Crippen molar-refractivity contribution in [2.45, 2.75) is 32.6 Å². The predicted molar refractivity (Wildman–Crippen MR) is 104 cm³/mol. The molecule has 0 spiro atoms. The maximum absolute atomic E-state index is 5.91. The number of hydrogen-bond donors (Lipinski definition) is 0. The third kappa shape index (κ3) is 2.92. The lowest BCUT2D eigenvalue weighted by molar-refractivity contribution is 0.449. The number of fused-ring (bicyclic) bond motifs is 1. The summed E-state index contributed by atoms with van der Waals surface area (Å²) in [6.07, 6.45) is 5.70. The van der Waals surface area contributed by atoms with Gasteiger partial charge in [-0.3, -0.25) is 4.68 Å². The molecular formula is C19H22N8O. The number of rotatable bonds is 3. The molecule has 1 aliphatic heterocycles. The number of oxazole rings is 1. The van der Waals surface area contributed by atoms with Crippen LogP contribution < -0.4 is 4.90 Å². The van der Waals surface area contributed by atoms with Gasteiger partial charge in [-0.15, -0.1) is 0 Å². The van der Waals surface area contributed by atoms with Crippen molar-refractivity contribution in [3.05, 3.63) is 41.9 Å². The van der Waals surface area contributed by atoms with Crippen LogP contribution in [0.1, 0.15) is 36.1 Å². The van der Waals surface area contributed by atoms with E-state index in [0.29, 0.717) is 17.6 Å². The van der Waals surface area contributed by atoms with E-state index >= 15 is 0 Å². The van der Waals surface area contributed by atoms with Crippen LogP contribution in [-0.2, 0) is 7.05 Å². The van der Waals surface area contributed by atoms with E-state index in [1.165, 1.54) is 0 Å². The molecule has 144 valence electrons. The summed E-state index contributed by atoms with van der Waals surface area (Å²) >= 11 is 0. The fourth-order valence-corrected chi connectivity index (χ4v) is 3.77. The first kappa shape index (κ1) is 16.9.